The van der Waals surface area contributed by atoms with Crippen molar-refractivity contribution < 1.29 is 17.9 Å². The molecular formula is C21H22F3N3OS. The number of benzene rings is 2. The average Bonchev–Trinajstić information content (AvgIpc) is 3.05. The van der Waals surface area contributed by atoms with Gasteiger partial charge in [0.25, 0.3) is 0 Å². The number of halogens is 3. The number of nitrogens with zero attached hydrogens (tertiary/aromatic N) is 3. The number of hydrogen-bond acceptors (Lipinski definition) is 4. The zero-order valence-electron chi connectivity index (χ0n) is 16.5. The summed E-state index contributed by atoms with van der Waals surface area (Å²) in [7, 11) is 0. The Bertz CT molecular complexity index is 965. The Balaban J connectivity index is 1.68. The maximum atomic E-state index is 12.9. The molecule has 0 aliphatic carbocycles. The SMILES string of the molecule is CCn1c(COc2cc(C)cc(C)c2)nnc1SCc1cccc(C(F)(F)F)c1. The van der Waals surface area contributed by atoms with E-state index < -0.39 is 11.7 Å². The lowest BCUT2D eigenvalue weighted by molar-refractivity contribution is -0.137. The van der Waals surface area contributed by atoms with Gasteiger partial charge in [0.1, 0.15) is 12.4 Å². The van der Waals surface area contributed by atoms with Crippen LogP contribution in [0.25, 0.3) is 0 Å². The van der Waals surface area contributed by atoms with Crippen molar-refractivity contribution in [2.24, 2.45) is 0 Å². The Morgan fingerprint density at radius 3 is 2.41 bits per heavy atom. The number of hydrogen-bond donors (Lipinski definition) is 0. The lowest BCUT2D eigenvalue weighted by Gasteiger charge is -2.11. The molecule has 0 atom stereocenters. The van der Waals surface area contributed by atoms with Crippen LogP contribution in [0.5, 0.6) is 5.75 Å². The number of alkyl halides is 3. The topological polar surface area (TPSA) is 39.9 Å². The van der Waals surface area contributed by atoms with Gasteiger partial charge in [-0.1, -0.05) is 36.0 Å². The molecular weight excluding hydrogens is 399 g/mol. The van der Waals surface area contributed by atoms with Crippen LogP contribution in [0.15, 0.2) is 47.6 Å². The van der Waals surface area contributed by atoms with E-state index in [1.165, 1.54) is 23.9 Å². The van der Waals surface area contributed by atoms with Crippen molar-refractivity contribution >= 4 is 11.8 Å². The summed E-state index contributed by atoms with van der Waals surface area (Å²) < 4.78 is 46.4. The van der Waals surface area contributed by atoms with Crippen LogP contribution in [0.2, 0.25) is 0 Å². The minimum absolute atomic E-state index is 0.272. The van der Waals surface area contributed by atoms with Crippen LogP contribution in [0.1, 0.15) is 35.0 Å². The molecule has 2 aromatic carbocycles. The van der Waals surface area contributed by atoms with Gasteiger partial charge < -0.3 is 9.30 Å². The first-order chi connectivity index (χ1) is 13.8. The van der Waals surface area contributed by atoms with Crippen molar-refractivity contribution in [1.29, 1.82) is 0 Å². The number of thioether (sulfide) groups is 1. The van der Waals surface area contributed by atoms with E-state index >= 15 is 0 Å². The van der Waals surface area contributed by atoms with Gasteiger partial charge in [-0.3, -0.25) is 0 Å². The highest BCUT2D eigenvalue weighted by atomic mass is 32.2. The molecule has 0 unspecified atom stereocenters. The summed E-state index contributed by atoms with van der Waals surface area (Å²) >= 11 is 1.36. The van der Waals surface area contributed by atoms with Crippen molar-refractivity contribution in [3.05, 3.63) is 70.5 Å². The molecule has 154 valence electrons. The molecule has 0 amide bonds. The fourth-order valence-corrected chi connectivity index (χ4v) is 3.96. The normalized spacial score (nSPS) is 11.7. The predicted molar refractivity (Wildman–Crippen MR) is 107 cm³/mol. The molecule has 1 heterocycles. The van der Waals surface area contributed by atoms with Gasteiger partial charge in [0.15, 0.2) is 11.0 Å². The third kappa shape index (κ3) is 5.53. The molecule has 0 spiro atoms. The van der Waals surface area contributed by atoms with Gasteiger partial charge in [-0.2, -0.15) is 13.2 Å². The van der Waals surface area contributed by atoms with Gasteiger partial charge in [0.2, 0.25) is 0 Å². The Hall–Kier alpha value is -2.48. The van der Waals surface area contributed by atoms with Crippen LogP contribution in [-0.2, 0) is 25.1 Å². The van der Waals surface area contributed by atoms with Crippen molar-refractivity contribution in [1.82, 2.24) is 14.8 Å². The maximum Gasteiger partial charge on any atom is 0.416 e. The number of rotatable bonds is 7. The second-order valence-electron chi connectivity index (χ2n) is 6.74. The molecule has 0 aliphatic rings. The maximum absolute atomic E-state index is 12.9. The zero-order valence-corrected chi connectivity index (χ0v) is 17.3. The van der Waals surface area contributed by atoms with Crippen LogP contribution in [0.3, 0.4) is 0 Å². The number of aromatic nitrogens is 3. The first kappa shape index (κ1) is 21.2. The average molecular weight is 421 g/mol. The summed E-state index contributed by atoms with van der Waals surface area (Å²) in [6.07, 6.45) is -4.34. The third-order valence-corrected chi connectivity index (χ3v) is 5.33. The summed E-state index contributed by atoms with van der Waals surface area (Å²) in [5.41, 5.74) is 2.18. The van der Waals surface area contributed by atoms with Crippen LogP contribution >= 0.6 is 11.8 Å². The molecule has 1 aromatic heterocycles. The smallest absolute Gasteiger partial charge is 0.416 e. The minimum Gasteiger partial charge on any atom is -0.486 e. The Morgan fingerprint density at radius 1 is 1.03 bits per heavy atom. The van der Waals surface area contributed by atoms with E-state index in [-0.39, 0.29) is 6.61 Å². The standard InChI is InChI=1S/C21H22F3N3OS/c1-4-27-19(12-28-18-9-14(2)8-15(3)10-18)25-26-20(27)29-13-16-6-5-7-17(11-16)21(22,23)24/h5-11H,4,12-13H2,1-3H3. The summed E-state index contributed by atoms with van der Waals surface area (Å²) in [6, 6.07) is 11.3. The van der Waals surface area contributed by atoms with E-state index in [1.54, 1.807) is 6.07 Å². The Labute approximate surface area is 172 Å². The zero-order chi connectivity index (χ0) is 21.0. The predicted octanol–water partition coefficient (Wildman–Crippen LogP) is 5.80. The van der Waals surface area contributed by atoms with Crippen molar-refractivity contribution in [3.63, 3.8) is 0 Å². The first-order valence-corrected chi connectivity index (χ1v) is 10.2. The second kappa shape index (κ2) is 8.90. The van der Waals surface area contributed by atoms with E-state index in [0.717, 1.165) is 22.9 Å². The number of ether oxygens (including phenoxy) is 1. The molecule has 0 radical (unpaired) electrons. The Morgan fingerprint density at radius 2 is 1.76 bits per heavy atom. The second-order valence-corrected chi connectivity index (χ2v) is 7.68. The van der Waals surface area contributed by atoms with Gasteiger partial charge in [0.05, 0.1) is 5.56 Å². The molecule has 3 rings (SSSR count). The van der Waals surface area contributed by atoms with Crippen molar-refractivity contribution in [2.45, 2.75) is 51.0 Å². The van der Waals surface area contributed by atoms with E-state index in [0.29, 0.717) is 28.8 Å². The van der Waals surface area contributed by atoms with Crippen LogP contribution < -0.4 is 4.74 Å². The highest BCUT2D eigenvalue weighted by Crippen LogP contribution is 2.31. The molecule has 3 aromatic rings. The van der Waals surface area contributed by atoms with Gasteiger partial charge in [-0.15, -0.1) is 10.2 Å². The largest absolute Gasteiger partial charge is 0.486 e. The molecule has 0 aliphatic heterocycles. The van der Waals surface area contributed by atoms with Gasteiger partial charge in [0, 0.05) is 12.3 Å². The molecule has 0 N–H and O–H groups in total. The molecule has 0 saturated heterocycles. The summed E-state index contributed by atoms with van der Waals surface area (Å²) in [5.74, 6) is 1.82. The van der Waals surface area contributed by atoms with Gasteiger partial charge >= 0.3 is 6.18 Å². The van der Waals surface area contributed by atoms with E-state index in [2.05, 4.69) is 16.3 Å². The molecule has 29 heavy (non-hydrogen) atoms. The third-order valence-electron chi connectivity index (χ3n) is 4.30. The summed E-state index contributed by atoms with van der Waals surface area (Å²) in [6.45, 7) is 6.91. The fourth-order valence-electron chi connectivity index (χ4n) is 3.00. The summed E-state index contributed by atoms with van der Waals surface area (Å²) in [4.78, 5) is 0. The van der Waals surface area contributed by atoms with E-state index in [1.807, 2.05) is 37.5 Å². The van der Waals surface area contributed by atoms with Crippen molar-refractivity contribution in [3.8, 4) is 5.75 Å². The van der Waals surface area contributed by atoms with Crippen LogP contribution in [0, 0.1) is 13.8 Å². The molecule has 0 saturated carbocycles. The quantitative estimate of drug-likeness (QED) is 0.452. The van der Waals surface area contributed by atoms with E-state index in [9.17, 15) is 13.2 Å². The van der Waals surface area contributed by atoms with Gasteiger partial charge in [-0.25, -0.2) is 0 Å². The molecule has 0 bridgehead atoms. The van der Waals surface area contributed by atoms with Crippen molar-refractivity contribution in [2.75, 3.05) is 0 Å². The summed E-state index contributed by atoms with van der Waals surface area (Å²) in [5, 5.41) is 9.05. The minimum atomic E-state index is -4.34. The van der Waals surface area contributed by atoms with E-state index in [4.69, 9.17) is 4.74 Å². The first-order valence-electron chi connectivity index (χ1n) is 9.18. The van der Waals surface area contributed by atoms with Crippen LogP contribution in [-0.4, -0.2) is 14.8 Å². The molecule has 8 heteroatoms. The number of aryl methyl sites for hydroxylation is 2. The Kier molecular flexibility index (Phi) is 6.52. The lowest BCUT2D eigenvalue weighted by Crippen LogP contribution is -2.07. The van der Waals surface area contributed by atoms with Gasteiger partial charge in [-0.05, 0) is 55.7 Å². The highest BCUT2D eigenvalue weighted by molar-refractivity contribution is 7.98. The molecule has 0 fully saturated rings. The lowest BCUT2D eigenvalue weighted by atomic mass is 10.1. The highest BCUT2D eigenvalue weighted by Gasteiger charge is 2.30. The fraction of sp³-hybridized carbons (Fsp3) is 0.333. The molecule has 4 nitrogen and oxygen atoms in total. The monoisotopic (exact) mass is 421 g/mol. The van der Waals surface area contributed by atoms with Crippen LogP contribution in [0.4, 0.5) is 13.2 Å².